The molecule has 0 unspecified atom stereocenters. The van der Waals surface area contributed by atoms with E-state index in [2.05, 4.69) is 5.32 Å². The topological polar surface area (TPSA) is 38.0 Å². The van der Waals surface area contributed by atoms with E-state index in [0.29, 0.717) is 6.04 Å². The van der Waals surface area contributed by atoms with E-state index in [1.54, 1.807) is 0 Å². The number of nitrogens with two attached hydrogens (primary N) is 1. The summed E-state index contributed by atoms with van der Waals surface area (Å²) >= 11 is 0. The first-order valence-electron chi connectivity index (χ1n) is 2.86. The summed E-state index contributed by atoms with van der Waals surface area (Å²) in [6.45, 7) is 2.22. The lowest BCUT2D eigenvalue weighted by Gasteiger charge is -2.17. The Labute approximate surface area is 80.5 Å². The average molecular weight is 210 g/mol. The summed E-state index contributed by atoms with van der Waals surface area (Å²) < 4.78 is 0. The van der Waals surface area contributed by atoms with Crippen LogP contribution in [0.2, 0.25) is 0 Å². The second-order valence-electron chi connectivity index (χ2n) is 2.09. The standard InChI is InChI=1S/C5H12N2.3ClH/c6-5-1-3-7-4-2-5;;;/h5,7H,1-4,6H2;3*1H. The number of hydrogen-bond donors (Lipinski definition) is 2. The summed E-state index contributed by atoms with van der Waals surface area (Å²) in [6, 6.07) is 0.473. The molecule has 2 nitrogen and oxygen atoms in total. The Bertz CT molecular complexity index is 56.9. The van der Waals surface area contributed by atoms with Crippen LogP contribution in [0.25, 0.3) is 0 Å². The minimum Gasteiger partial charge on any atom is -0.328 e. The molecule has 1 rings (SSSR count). The molecule has 0 saturated carbocycles. The highest BCUT2D eigenvalue weighted by Crippen LogP contribution is 1.96. The van der Waals surface area contributed by atoms with E-state index in [1.165, 1.54) is 0 Å². The number of nitrogens with one attached hydrogen (secondary N) is 1. The monoisotopic (exact) mass is 208 g/mol. The molecule has 3 N–H and O–H groups in total. The summed E-state index contributed by atoms with van der Waals surface area (Å²) in [6.07, 6.45) is 2.31. The molecule has 66 valence electrons. The average Bonchev–Trinajstić information content (AvgIpc) is 1.69. The quantitative estimate of drug-likeness (QED) is 0.624. The largest absolute Gasteiger partial charge is 0.328 e. The SMILES string of the molecule is Cl.Cl.Cl.NC1CCNCC1. The van der Waals surface area contributed by atoms with E-state index in [-0.39, 0.29) is 37.2 Å². The molecule has 1 fully saturated rings. The van der Waals surface area contributed by atoms with Crippen LogP contribution in [-0.4, -0.2) is 19.1 Å². The lowest BCUT2D eigenvalue weighted by molar-refractivity contribution is 0.458. The second-order valence-corrected chi connectivity index (χ2v) is 2.09. The molecule has 0 bridgehead atoms. The van der Waals surface area contributed by atoms with Gasteiger partial charge in [-0.3, -0.25) is 0 Å². The van der Waals surface area contributed by atoms with Gasteiger partial charge in [-0.15, -0.1) is 37.2 Å². The van der Waals surface area contributed by atoms with Crippen LogP contribution in [0.15, 0.2) is 0 Å². The van der Waals surface area contributed by atoms with E-state index < -0.39 is 0 Å². The van der Waals surface area contributed by atoms with Crippen LogP contribution in [0.4, 0.5) is 0 Å². The molecule has 1 aliphatic rings. The fourth-order valence-corrected chi connectivity index (χ4v) is 0.844. The minimum atomic E-state index is 0. The van der Waals surface area contributed by atoms with Crippen LogP contribution >= 0.6 is 37.2 Å². The second kappa shape index (κ2) is 9.79. The van der Waals surface area contributed by atoms with Crippen molar-refractivity contribution in [1.82, 2.24) is 5.32 Å². The van der Waals surface area contributed by atoms with Crippen molar-refractivity contribution in [2.75, 3.05) is 13.1 Å². The third-order valence-electron chi connectivity index (χ3n) is 1.38. The predicted octanol–water partition coefficient (Wildman–Crippen LogP) is 0.963. The van der Waals surface area contributed by atoms with Crippen LogP contribution in [-0.2, 0) is 0 Å². The molecule has 0 atom stereocenters. The van der Waals surface area contributed by atoms with Crippen molar-refractivity contribution in [1.29, 1.82) is 0 Å². The lowest BCUT2D eigenvalue weighted by atomic mass is 10.1. The zero-order valence-electron chi connectivity index (χ0n) is 5.71. The smallest absolute Gasteiger partial charge is 0.00629 e. The fraction of sp³-hybridized carbons (Fsp3) is 1.00. The molecule has 1 saturated heterocycles. The van der Waals surface area contributed by atoms with Gasteiger partial charge in [-0.05, 0) is 25.9 Å². The maximum atomic E-state index is 5.59. The van der Waals surface area contributed by atoms with Crippen LogP contribution < -0.4 is 11.1 Å². The van der Waals surface area contributed by atoms with Crippen molar-refractivity contribution in [3.8, 4) is 0 Å². The summed E-state index contributed by atoms with van der Waals surface area (Å²) in [5.74, 6) is 0. The normalized spacial score (nSPS) is 17.7. The van der Waals surface area contributed by atoms with Crippen molar-refractivity contribution in [2.24, 2.45) is 5.73 Å². The molecule has 0 aromatic carbocycles. The van der Waals surface area contributed by atoms with Crippen molar-refractivity contribution in [3.63, 3.8) is 0 Å². The van der Waals surface area contributed by atoms with Gasteiger partial charge in [0.1, 0.15) is 0 Å². The summed E-state index contributed by atoms with van der Waals surface area (Å²) in [5, 5.41) is 3.24. The van der Waals surface area contributed by atoms with Gasteiger partial charge in [-0.1, -0.05) is 0 Å². The van der Waals surface area contributed by atoms with E-state index in [1.807, 2.05) is 0 Å². The van der Waals surface area contributed by atoms with Gasteiger partial charge < -0.3 is 11.1 Å². The summed E-state index contributed by atoms with van der Waals surface area (Å²) in [4.78, 5) is 0. The highest BCUT2D eigenvalue weighted by Gasteiger charge is 2.05. The van der Waals surface area contributed by atoms with Crippen LogP contribution in [0.1, 0.15) is 12.8 Å². The van der Waals surface area contributed by atoms with Crippen LogP contribution in [0, 0.1) is 0 Å². The van der Waals surface area contributed by atoms with E-state index >= 15 is 0 Å². The number of piperidine rings is 1. The van der Waals surface area contributed by atoms with Gasteiger partial charge in [0, 0.05) is 6.04 Å². The van der Waals surface area contributed by atoms with E-state index in [4.69, 9.17) is 5.73 Å². The van der Waals surface area contributed by atoms with E-state index in [9.17, 15) is 0 Å². The van der Waals surface area contributed by atoms with Gasteiger partial charge in [0.15, 0.2) is 0 Å². The predicted molar refractivity (Wildman–Crippen MR) is 51.8 cm³/mol. The molecule has 0 aliphatic carbocycles. The van der Waals surface area contributed by atoms with Crippen molar-refractivity contribution in [2.45, 2.75) is 18.9 Å². The lowest BCUT2D eigenvalue weighted by Crippen LogP contribution is -2.35. The molecule has 0 radical (unpaired) electrons. The van der Waals surface area contributed by atoms with Crippen molar-refractivity contribution < 1.29 is 0 Å². The maximum Gasteiger partial charge on any atom is 0.00629 e. The third kappa shape index (κ3) is 6.90. The molecule has 5 heteroatoms. The zero-order chi connectivity index (χ0) is 5.11. The van der Waals surface area contributed by atoms with Gasteiger partial charge in [0.25, 0.3) is 0 Å². The zero-order valence-corrected chi connectivity index (χ0v) is 8.16. The molecule has 0 aromatic heterocycles. The maximum absolute atomic E-state index is 5.59. The highest BCUT2D eigenvalue weighted by atomic mass is 35.5. The molecule has 0 spiro atoms. The molecule has 1 aliphatic heterocycles. The Hall–Kier alpha value is 0.790. The Morgan fingerprint density at radius 2 is 1.40 bits per heavy atom. The Morgan fingerprint density at radius 1 is 1.00 bits per heavy atom. The number of halogens is 3. The third-order valence-corrected chi connectivity index (χ3v) is 1.38. The summed E-state index contributed by atoms with van der Waals surface area (Å²) in [7, 11) is 0. The Balaban J connectivity index is -0.000000163. The first-order valence-corrected chi connectivity index (χ1v) is 2.86. The fourth-order valence-electron chi connectivity index (χ4n) is 0.844. The first-order chi connectivity index (χ1) is 3.39. The first kappa shape index (κ1) is 17.0. The van der Waals surface area contributed by atoms with Crippen molar-refractivity contribution in [3.05, 3.63) is 0 Å². The molecule has 0 amide bonds. The van der Waals surface area contributed by atoms with Crippen LogP contribution in [0.5, 0.6) is 0 Å². The van der Waals surface area contributed by atoms with Gasteiger partial charge in [-0.25, -0.2) is 0 Å². The Morgan fingerprint density at radius 3 is 1.60 bits per heavy atom. The Kier molecular flexibility index (Phi) is 16.7. The highest BCUT2D eigenvalue weighted by molar-refractivity contribution is 5.86. The molecular weight excluding hydrogens is 194 g/mol. The van der Waals surface area contributed by atoms with Gasteiger partial charge >= 0.3 is 0 Å². The molecule has 0 aromatic rings. The van der Waals surface area contributed by atoms with Crippen LogP contribution in [0.3, 0.4) is 0 Å². The number of rotatable bonds is 0. The van der Waals surface area contributed by atoms with Gasteiger partial charge in [0.2, 0.25) is 0 Å². The number of hydrogen-bond acceptors (Lipinski definition) is 2. The van der Waals surface area contributed by atoms with Crippen molar-refractivity contribution >= 4 is 37.2 Å². The molecule has 10 heavy (non-hydrogen) atoms. The molecular formula is C5H15Cl3N2. The molecule has 1 heterocycles. The minimum absolute atomic E-state index is 0. The van der Waals surface area contributed by atoms with Gasteiger partial charge in [0.05, 0.1) is 0 Å². The summed E-state index contributed by atoms with van der Waals surface area (Å²) in [5.41, 5.74) is 5.59. The van der Waals surface area contributed by atoms with E-state index in [0.717, 1.165) is 25.9 Å². The van der Waals surface area contributed by atoms with Gasteiger partial charge in [-0.2, -0.15) is 0 Å².